The van der Waals surface area contributed by atoms with Crippen molar-refractivity contribution < 1.29 is 4.92 Å². The van der Waals surface area contributed by atoms with Crippen molar-refractivity contribution in [3.05, 3.63) is 27.3 Å². The average Bonchev–Trinajstić information content (AvgIpc) is 1.85. The Kier molecular flexibility index (Phi) is 2.00. The Labute approximate surface area is 67.2 Å². The zero-order valence-electron chi connectivity index (χ0n) is 5.54. The van der Waals surface area contributed by atoms with Gasteiger partial charge in [0.25, 0.3) is 0 Å². The summed E-state index contributed by atoms with van der Waals surface area (Å²) in [6, 6.07) is 0. The summed E-state index contributed by atoms with van der Waals surface area (Å²) < 4.78 is 0. The van der Waals surface area contributed by atoms with Gasteiger partial charge in [0, 0.05) is 0 Å². The first-order valence-corrected chi connectivity index (χ1v) is 3.05. The Morgan fingerprint density at radius 2 is 2.36 bits per heavy atom. The lowest BCUT2D eigenvalue weighted by atomic mass is 10.5. The van der Waals surface area contributed by atoms with Crippen LogP contribution in [0.2, 0.25) is 5.15 Å². The maximum Gasteiger partial charge on any atom is 0.334 e. The number of hydrogen-bond acceptors (Lipinski definition) is 4. The highest BCUT2D eigenvalue weighted by atomic mass is 35.5. The van der Waals surface area contributed by atoms with Gasteiger partial charge in [-0.1, -0.05) is 11.6 Å². The maximum atomic E-state index is 10.1. The summed E-state index contributed by atoms with van der Waals surface area (Å²) >= 11 is 5.40. The largest absolute Gasteiger partial charge is 0.334 e. The molecule has 1 aromatic rings. The number of nitrogens with zero attached hydrogens (tertiary/aromatic N) is 3. The number of hydrogen-bond donors (Lipinski definition) is 0. The molecule has 0 atom stereocenters. The van der Waals surface area contributed by atoms with Crippen molar-refractivity contribution in [2.75, 3.05) is 0 Å². The van der Waals surface area contributed by atoms with Crippen LogP contribution in [-0.4, -0.2) is 14.9 Å². The van der Waals surface area contributed by atoms with Crippen LogP contribution in [0.3, 0.4) is 0 Å². The van der Waals surface area contributed by atoms with E-state index >= 15 is 0 Å². The van der Waals surface area contributed by atoms with E-state index in [1.165, 1.54) is 0 Å². The predicted octanol–water partition coefficient (Wildman–Crippen LogP) is 1.15. The highest BCUT2D eigenvalue weighted by Crippen LogP contribution is 2.18. The topological polar surface area (TPSA) is 68.9 Å². The van der Waals surface area contributed by atoms with Crippen molar-refractivity contribution in [2.24, 2.45) is 0 Å². The molecule has 0 amide bonds. The molecule has 0 saturated carbocycles. The molecule has 1 rings (SSSR count). The molecule has 0 bridgehead atoms. The van der Waals surface area contributed by atoms with E-state index in [4.69, 9.17) is 11.6 Å². The molecular formula is C5H3ClN3O2. The second-order valence-electron chi connectivity index (χ2n) is 1.78. The molecule has 11 heavy (non-hydrogen) atoms. The normalized spacial score (nSPS) is 9.64. The molecule has 0 N–H and O–H groups in total. The summed E-state index contributed by atoms with van der Waals surface area (Å²) in [5.74, 6) is 0.362. The molecule has 0 unspecified atom stereocenters. The van der Waals surface area contributed by atoms with Gasteiger partial charge in [-0.05, 0) is 6.92 Å². The number of aryl methyl sites for hydroxylation is 1. The lowest BCUT2D eigenvalue weighted by molar-refractivity contribution is -0.385. The van der Waals surface area contributed by atoms with E-state index < -0.39 is 10.6 Å². The predicted molar refractivity (Wildman–Crippen MR) is 37.3 cm³/mol. The molecule has 57 valence electrons. The Balaban J connectivity index is 3.20. The first-order chi connectivity index (χ1) is 5.11. The average molecular weight is 173 g/mol. The molecule has 0 spiro atoms. The minimum Gasteiger partial charge on any atom is -0.258 e. The molecule has 6 heteroatoms. The zero-order valence-corrected chi connectivity index (χ0v) is 6.29. The van der Waals surface area contributed by atoms with E-state index in [0.717, 1.165) is 0 Å². The third-order valence-electron chi connectivity index (χ3n) is 0.962. The van der Waals surface area contributed by atoms with Crippen molar-refractivity contribution in [1.82, 2.24) is 9.97 Å². The Morgan fingerprint density at radius 1 is 1.73 bits per heavy atom. The molecule has 1 radical (unpaired) electrons. The third-order valence-corrected chi connectivity index (χ3v) is 1.23. The Bertz CT molecular complexity index is 302. The lowest BCUT2D eigenvalue weighted by Crippen LogP contribution is -1.95. The Hall–Kier alpha value is -1.23. The number of halogens is 1. The lowest BCUT2D eigenvalue weighted by Gasteiger charge is -1.92. The van der Waals surface area contributed by atoms with E-state index in [1.54, 1.807) is 6.92 Å². The molecule has 0 fully saturated rings. The fraction of sp³-hybridized carbons (Fsp3) is 0.200. The first-order valence-electron chi connectivity index (χ1n) is 2.67. The van der Waals surface area contributed by atoms with Crippen molar-refractivity contribution in [3.63, 3.8) is 0 Å². The van der Waals surface area contributed by atoms with Gasteiger partial charge >= 0.3 is 5.69 Å². The summed E-state index contributed by atoms with van der Waals surface area (Å²) in [6.07, 6.45) is 2.16. The van der Waals surface area contributed by atoms with Crippen LogP contribution in [0.4, 0.5) is 5.69 Å². The van der Waals surface area contributed by atoms with Crippen LogP contribution in [-0.2, 0) is 0 Å². The highest BCUT2D eigenvalue weighted by molar-refractivity contribution is 6.31. The monoisotopic (exact) mass is 172 g/mol. The maximum absolute atomic E-state index is 10.1. The van der Waals surface area contributed by atoms with E-state index in [1.807, 2.05) is 0 Å². The van der Waals surface area contributed by atoms with Gasteiger partial charge in [0.15, 0.2) is 6.20 Å². The minimum atomic E-state index is -0.679. The summed E-state index contributed by atoms with van der Waals surface area (Å²) in [6.45, 7) is 1.58. The van der Waals surface area contributed by atoms with Gasteiger partial charge in [0.1, 0.15) is 5.82 Å². The van der Waals surface area contributed by atoms with Crippen LogP contribution in [0.1, 0.15) is 5.82 Å². The van der Waals surface area contributed by atoms with Crippen molar-refractivity contribution in [3.8, 4) is 0 Å². The number of aromatic nitrogens is 2. The molecule has 0 aromatic carbocycles. The van der Waals surface area contributed by atoms with E-state index in [9.17, 15) is 10.1 Å². The fourth-order valence-electron chi connectivity index (χ4n) is 0.516. The second-order valence-corrected chi connectivity index (χ2v) is 2.14. The van der Waals surface area contributed by atoms with E-state index in [-0.39, 0.29) is 5.15 Å². The van der Waals surface area contributed by atoms with Crippen LogP contribution in [0.5, 0.6) is 0 Å². The van der Waals surface area contributed by atoms with Crippen molar-refractivity contribution >= 4 is 17.3 Å². The molecule has 1 heterocycles. The van der Waals surface area contributed by atoms with Gasteiger partial charge in [0.05, 0.1) is 4.92 Å². The van der Waals surface area contributed by atoms with E-state index in [2.05, 4.69) is 16.2 Å². The summed E-state index contributed by atoms with van der Waals surface area (Å²) in [4.78, 5) is 16.5. The standard InChI is InChI=1S/C5H3ClN3O2/c1-3-7-2-4(9(10)11)5(6)8-3/h1H3. The van der Waals surface area contributed by atoms with Crippen LogP contribution in [0.15, 0.2) is 0 Å². The highest BCUT2D eigenvalue weighted by Gasteiger charge is 2.14. The van der Waals surface area contributed by atoms with E-state index in [0.29, 0.717) is 5.82 Å². The third kappa shape index (κ3) is 1.62. The quantitative estimate of drug-likeness (QED) is 0.362. The van der Waals surface area contributed by atoms with Crippen LogP contribution in [0, 0.1) is 23.2 Å². The molecule has 0 aliphatic rings. The molecule has 5 nitrogen and oxygen atoms in total. The summed E-state index contributed by atoms with van der Waals surface area (Å²) in [5.41, 5.74) is -0.391. The molecule has 1 aromatic heterocycles. The summed E-state index contributed by atoms with van der Waals surface area (Å²) in [7, 11) is 0. The van der Waals surface area contributed by atoms with Crippen LogP contribution >= 0.6 is 11.6 Å². The first kappa shape index (κ1) is 7.87. The second kappa shape index (κ2) is 2.79. The van der Waals surface area contributed by atoms with Gasteiger partial charge in [-0.25, -0.2) is 9.97 Å². The fourth-order valence-corrected chi connectivity index (χ4v) is 0.750. The minimum absolute atomic E-state index is 0.178. The molecule has 0 aliphatic carbocycles. The SMILES string of the molecule is Cc1n[c]c([N+](=O)[O-])c(Cl)n1. The van der Waals surface area contributed by atoms with Gasteiger partial charge in [-0.2, -0.15) is 0 Å². The van der Waals surface area contributed by atoms with Gasteiger partial charge in [-0.15, -0.1) is 0 Å². The Morgan fingerprint density at radius 3 is 2.82 bits per heavy atom. The van der Waals surface area contributed by atoms with Gasteiger partial charge < -0.3 is 0 Å². The molecule has 0 saturated heterocycles. The van der Waals surface area contributed by atoms with Crippen LogP contribution < -0.4 is 0 Å². The molecular weight excluding hydrogens is 170 g/mol. The molecule has 0 aliphatic heterocycles. The van der Waals surface area contributed by atoms with Crippen molar-refractivity contribution in [1.29, 1.82) is 0 Å². The zero-order chi connectivity index (χ0) is 8.43. The van der Waals surface area contributed by atoms with Gasteiger partial charge in [-0.3, -0.25) is 10.1 Å². The smallest absolute Gasteiger partial charge is 0.258 e. The summed E-state index contributed by atoms with van der Waals surface area (Å²) in [5, 5.41) is 9.96. The van der Waals surface area contributed by atoms with Crippen molar-refractivity contribution in [2.45, 2.75) is 6.92 Å². The van der Waals surface area contributed by atoms with Gasteiger partial charge in [0.2, 0.25) is 5.15 Å². The number of rotatable bonds is 1. The number of nitro groups is 1. The van der Waals surface area contributed by atoms with Crippen LogP contribution in [0.25, 0.3) is 0 Å².